The van der Waals surface area contributed by atoms with Crippen LogP contribution in [0.5, 0.6) is 0 Å². The summed E-state index contributed by atoms with van der Waals surface area (Å²) in [4.78, 5) is 28.5. The van der Waals surface area contributed by atoms with Crippen LogP contribution < -0.4 is 15.5 Å². The monoisotopic (exact) mass is 488 g/mol. The molecule has 0 unspecified atom stereocenters. The molecule has 4 aromatic rings. The highest BCUT2D eigenvalue weighted by Gasteiger charge is 2.18. The molecule has 1 aliphatic heterocycles. The third kappa shape index (κ3) is 4.84. The van der Waals surface area contributed by atoms with Gasteiger partial charge in [0, 0.05) is 37.1 Å². The Labute approximate surface area is 208 Å². The second-order valence-electron chi connectivity index (χ2n) is 9.06. The molecule has 0 aliphatic carbocycles. The molecule has 36 heavy (non-hydrogen) atoms. The topological polar surface area (TPSA) is 101 Å². The van der Waals surface area contributed by atoms with Crippen LogP contribution in [0, 0.1) is 12.7 Å². The van der Waals surface area contributed by atoms with E-state index in [1.54, 1.807) is 29.2 Å². The average Bonchev–Trinajstić information content (AvgIpc) is 3.54. The first-order valence-electron chi connectivity index (χ1n) is 12.2. The van der Waals surface area contributed by atoms with E-state index in [2.05, 4.69) is 35.6 Å². The van der Waals surface area contributed by atoms with Crippen molar-refractivity contribution in [2.24, 2.45) is 0 Å². The molecular formula is C26H29FN8O. The Morgan fingerprint density at radius 2 is 1.97 bits per heavy atom. The molecule has 2 N–H and O–H groups in total. The van der Waals surface area contributed by atoms with Gasteiger partial charge in [0.1, 0.15) is 23.0 Å². The van der Waals surface area contributed by atoms with Gasteiger partial charge in [-0.15, -0.1) is 0 Å². The van der Waals surface area contributed by atoms with Crippen LogP contribution in [0.15, 0.2) is 42.9 Å². The molecule has 0 saturated carbocycles. The van der Waals surface area contributed by atoms with Gasteiger partial charge in [0.05, 0.1) is 24.0 Å². The molecule has 0 radical (unpaired) electrons. The van der Waals surface area contributed by atoms with E-state index in [0.29, 0.717) is 33.8 Å². The smallest absolute Gasteiger partial charge is 0.257 e. The van der Waals surface area contributed by atoms with Gasteiger partial charge in [0.15, 0.2) is 0 Å². The Morgan fingerprint density at radius 3 is 2.72 bits per heavy atom. The minimum absolute atomic E-state index is 0.292. The summed E-state index contributed by atoms with van der Waals surface area (Å²) < 4.78 is 16.5. The number of rotatable bonds is 7. The predicted molar refractivity (Wildman–Crippen MR) is 138 cm³/mol. The predicted octanol–water partition coefficient (Wildman–Crippen LogP) is 4.71. The van der Waals surface area contributed by atoms with Gasteiger partial charge in [0.25, 0.3) is 5.91 Å². The van der Waals surface area contributed by atoms with Crippen molar-refractivity contribution >= 4 is 34.4 Å². The number of halogens is 1. The number of nitrogens with zero attached hydrogens (tertiary/aromatic N) is 6. The lowest BCUT2D eigenvalue weighted by Crippen LogP contribution is -2.21. The Balaban J connectivity index is 1.30. The van der Waals surface area contributed by atoms with Crippen molar-refractivity contribution in [2.45, 2.75) is 46.2 Å². The summed E-state index contributed by atoms with van der Waals surface area (Å²) in [5.41, 5.74) is 3.54. The zero-order valence-electron chi connectivity index (χ0n) is 20.6. The lowest BCUT2D eigenvalue weighted by atomic mass is 10.1. The SMILES string of the molecule is CCn1cc2ncc(N[C@@H](C)c3cc(NC(=O)c4cnc(N5CCCC5)c(C)c4)ccc3F)nc2n1. The summed E-state index contributed by atoms with van der Waals surface area (Å²) in [5.74, 6) is 0.741. The van der Waals surface area contributed by atoms with E-state index < -0.39 is 6.04 Å². The normalized spacial score (nSPS) is 14.3. The minimum Gasteiger partial charge on any atom is -0.362 e. The number of anilines is 3. The zero-order chi connectivity index (χ0) is 25.2. The number of hydrogen-bond acceptors (Lipinski definition) is 7. The molecule has 1 atom stereocenters. The second kappa shape index (κ2) is 9.88. The highest BCUT2D eigenvalue weighted by molar-refractivity contribution is 6.04. The first kappa shape index (κ1) is 23.7. The summed E-state index contributed by atoms with van der Waals surface area (Å²) in [6.07, 6.45) is 7.35. The number of carbonyl (C=O) groups excluding carboxylic acids is 1. The van der Waals surface area contributed by atoms with Crippen molar-refractivity contribution in [3.05, 3.63) is 65.4 Å². The van der Waals surface area contributed by atoms with Gasteiger partial charge in [-0.25, -0.2) is 19.3 Å². The lowest BCUT2D eigenvalue weighted by Gasteiger charge is -2.19. The van der Waals surface area contributed by atoms with Crippen LogP contribution in [-0.2, 0) is 6.54 Å². The van der Waals surface area contributed by atoms with Crippen molar-refractivity contribution in [3.8, 4) is 0 Å². The number of aryl methyl sites for hydroxylation is 2. The fourth-order valence-corrected chi connectivity index (χ4v) is 4.48. The first-order chi connectivity index (χ1) is 17.4. The number of nitrogens with one attached hydrogen (secondary N) is 2. The first-order valence-corrected chi connectivity index (χ1v) is 12.2. The molecule has 1 saturated heterocycles. The van der Waals surface area contributed by atoms with Gasteiger partial charge in [0.2, 0.25) is 5.65 Å². The van der Waals surface area contributed by atoms with Crippen molar-refractivity contribution in [2.75, 3.05) is 28.6 Å². The van der Waals surface area contributed by atoms with Crippen LogP contribution in [0.1, 0.15) is 54.2 Å². The molecule has 1 aliphatic rings. The number of amides is 1. The molecule has 0 spiro atoms. The summed E-state index contributed by atoms with van der Waals surface area (Å²) in [5, 5.41) is 10.4. The Hall–Kier alpha value is -4.08. The van der Waals surface area contributed by atoms with Gasteiger partial charge >= 0.3 is 0 Å². The number of pyridine rings is 1. The third-order valence-corrected chi connectivity index (χ3v) is 6.40. The van der Waals surface area contributed by atoms with Gasteiger partial charge < -0.3 is 15.5 Å². The van der Waals surface area contributed by atoms with E-state index in [1.165, 1.54) is 6.07 Å². The number of benzene rings is 1. The van der Waals surface area contributed by atoms with Crippen LogP contribution in [0.25, 0.3) is 11.2 Å². The maximum atomic E-state index is 14.7. The standard InChI is InChI=1S/C26H29FN8O/c1-4-35-15-22-24(33-35)32-23(14-28-22)30-17(3)20-12-19(7-8-21(20)27)31-26(36)18-11-16(2)25(29-13-18)34-9-5-6-10-34/h7-8,11-15,17H,4-6,9-10H2,1-3H3,(H,31,36)(H,30,32,33)/t17-/m0/s1. The Morgan fingerprint density at radius 1 is 1.17 bits per heavy atom. The quantitative estimate of drug-likeness (QED) is 0.388. The second-order valence-corrected chi connectivity index (χ2v) is 9.06. The van der Waals surface area contributed by atoms with E-state index in [0.717, 1.165) is 43.9 Å². The van der Waals surface area contributed by atoms with Gasteiger partial charge in [-0.05, 0) is 63.4 Å². The molecular weight excluding hydrogens is 459 g/mol. The fraction of sp³-hybridized carbons (Fsp3) is 0.346. The van der Waals surface area contributed by atoms with E-state index in [9.17, 15) is 9.18 Å². The molecule has 4 heterocycles. The van der Waals surface area contributed by atoms with Crippen LogP contribution in [-0.4, -0.2) is 43.7 Å². The van der Waals surface area contributed by atoms with Crippen LogP contribution in [0.2, 0.25) is 0 Å². The molecule has 9 nitrogen and oxygen atoms in total. The molecule has 5 rings (SSSR count). The van der Waals surface area contributed by atoms with Crippen LogP contribution >= 0.6 is 0 Å². The third-order valence-electron chi connectivity index (χ3n) is 6.40. The maximum Gasteiger partial charge on any atom is 0.257 e. The number of aromatic nitrogens is 5. The van der Waals surface area contributed by atoms with Gasteiger partial charge in [-0.1, -0.05) is 0 Å². The van der Waals surface area contributed by atoms with Crippen molar-refractivity contribution in [1.29, 1.82) is 0 Å². The Bertz CT molecular complexity index is 1410. The Kier molecular flexibility index (Phi) is 6.49. The van der Waals surface area contributed by atoms with Crippen molar-refractivity contribution < 1.29 is 9.18 Å². The molecule has 1 fully saturated rings. The maximum absolute atomic E-state index is 14.7. The van der Waals surface area contributed by atoms with E-state index in [4.69, 9.17) is 0 Å². The van der Waals surface area contributed by atoms with Crippen LogP contribution in [0.3, 0.4) is 0 Å². The molecule has 10 heteroatoms. The zero-order valence-corrected chi connectivity index (χ0v) is 20.6. The highest BCUT2D eigenvalue weighted by Crippen LogP contribution is 2.26. The van der Waals surface area contributed by atoms with E-state index in [1.807, 2.05) is 33.0 Å². The average molecular weight is 489 g/mol. The minimum atomic E-state index is -0.425. The number of hydrogen-bond donors (Lipinski definition) is 2. The summed E-state index contributed by atoms with van der Waals surface area (Å²) in [7, 11) is 0. The fourth-order valence-electron chi connectivity index (χ4n) is 4.48. The van der Waals surface area contributed by atoms with Crippen molar-refractivity contribution in [1.82, 2.24) is 24.7 Å². The lowest BCUT2D eigenvalue weighted by molar-refractivity contribution is 0.102. The summed E-state index contributed by atoms with van der Waals surface area (Å²) in [6, 6.07) is 5.94. The molecule has 0 bridgehead atoms. The van der Waals surface area contributed by atoms with E-state index in [-0.39, 0.29) is 11.7 Å². The molecule has 1 aromatic carbocycles. The summed E-state index contributed by atoms with van der Waals surface area (Å²) >= 11 is 0. The highest BCUT2D eigenvalue weighted by atomic mass is 19.1. The van der Waals surface area contributed by atoms with E-state index >= 15 is 0 Å². The largest absolute Gasteiger partial charge is 0.362 e. The number of fused-ring (bicyclic) bond motifs is 1. The summed E-state index contributed by atoms with van der Waals surface area (Å²) in [6.45, 7) is 8.48. The molecule has 3 aromatic heterocycles. The van der Waals surface area contributed by atoms with Crippen LogP contribution in [0.4, 0.5) is 21.7 Å². The molecule has 186 valence electrons. The van der Waals surface area contributed by atoms with Gasteiger partial charge in [-0.3, -0.25) is 9.48 Å². The molecule has 1 amide bonds. The van der Waals surface area contributed by atoms with Crippen molar-refractivity contribution in [3.63, 3.8) is 0 Å². The number of carbonyl (C=O) groups is 1. The van der Waals surface area contributed by atoms with Gasteiger partial charge in [-0.2, -0.15) is 5.10 Å².